The largest absolute Gasteiger partial charge is 0.324 e. The monoisotopic (exact) mass is 263 g/mol. The number of nitrogen functional groups attached to an aromatic ring is 1. The third kappa shape index (κ3) is 2.93. The second kappa shape index (κ2) is 5.44. The number of hydrazine groups is 1. The highest BCUT2D eigenvalue weighted by Gasteiger charge is 2.08. The summed E-state index contributed by atoms with van der Waals surface area (Å²) in [6.45, 7) is 0. The van der Waals surface area contributed by atoms with Crippen molar-refractivity contribution in [3.05, 3.63) is 47.4 Å². The van der Waals surface area contributed by atoms with Crippen molar-refractivity contribution in [1.82, 2.24) is 9.97 Å². The summed E-state index contributed by atoms with van der Waals surface area (Å²) in [6, 6.07) is 6.42. The lowest BCUT2D eigenvalue weighted by Gasteiger charge is -2.05. The molecule has 0 aromatic carbocycles. The van der Waals surface area contributed by atoms with Crippen LogP contribution in [0, 0.1) is 0 Å². The highest BCUT2D eigenvalue weighted by atomic mass is 35.5. The molecule has 0 unspecified atom stereocenters. The number of rotatable bonds is 3. The Bertz CT molecular complexity index is 558. The van der Waals surface area contributed by atoms with Crippen LogP contribution in [-0.4, -0.2) is 15.9 Å². The summed E-state index contributed by atoms with van der Waals surface area (Å²) in [6.07, 6.45) is 2.93. The van der Waals surface area contributed by atoms with E-state index >= 15 is 0 Å². The van der Waals surface area contributed by atoms with E-state index in [0.29, 0.717) is 16.5 Å². The molecule has 2 heterocycles. The number of halogens is 1. The average Bonchev–Trinajstić information content (AvgIpc) is 2.41. The Labute approximate surface area is 108 Å². The fourth-order valence-corrected chi connectivity index (χ4v) is 1.39. The lowest BCUT2D eigenvalue weighted by atomic mass is 10.3. The van der Waals surface area contributed by atoms with Crippen molar-refractivity contribution in [2.45, 2.75) is 0 Å². The minimum Gasteiger partial charge on any atom is -0.324 e. The Morgan fingerprint density at radius 3 is 2.78 bits per heavy atom. The minimum absolute atomic E-state index is 0.238. The van der Waals surface area contributed by atoms with Crippen molar-refractivity contribution < 1.29 is 4.79 Å². The van der Waals surface area contributed by atoms with Crippen LogP contribution in [0.5, 0.6) is 0 Å². The number of anilines is 2. The standard InChI is InChI=1S/C11H10ClN5O/c12-7-1-2-10(15-6-7)16-11(18)9-5-8(17-13)3-4-14-9/h1-6H,13H2,(H,14,17)(H,15,16,18). The predicted octanol–water partition coefficient (Wildman–Crippen LogP) is 1.67. The van der Waals surface area contributed by atoms with Gasteiger partial charge in [-0.05, 0) is 24.3 Å². The molecular formula is C11H10ClN5O. The molecule has 0 atom stereocenters. The van der Waals surface area contributed by atoms with Gasteiger partial charge < -0.3 is 10.7 Å². The molecule has 0 aliphatic heterocycles. The summed E-state index contributed by atoms with van der Waals surface area (Å²) < 4.78 is 0. The Balaban J connectivity index is 2.14. The first kappa shape index (κ1) is 12.3. The molecule has 0 radical (unpaired) electrons. The van der Waals surface area contributed by atoms with Gasteiger partial charge in [-0.2, -0.15) is 0 Å². The van der Waals surface area contributed by atoms with Gasteiger partial charge in [-0.15, -0.1) is 0 Å². The van der Waals surface area contributed by atoms with Crippen molar-refractivity contribution in [3.63, 3.8) is 0 Å². The number of carbonyl (C=O) groups is 1. The number of nitrogens with one attached hydrogen (secondary N) is 2. The molecule has 1 amide bonds. The van der Waals surface area contributed by atoms with E-state index in [1.165, 1.54) is 18.5 Å². The van der Waals surface area contributed by atoms with Gasteiger partial charge in [0.05, 0.1) is 10.7 Å². The number of hydrogen-bond donors (Lipinski definition) is 3. The van der Waals surface area contributed by atoms with Gasteiger partial charge in [0.1, 0.15) is 11.5 Å². The summed E-state index contributed by atoms with van der Waals surface area (Å²) in [4.78, 5) is 19.7. The molecule has 18 heavy (non-hydrogen) atoms. The van der Waals surface area contributed by atoms with E-state index in [-0.39, 0.29) is 11.6 Å². The highest BCUT2D eigenvalue weighted by Crippen LogP contribution is 2.11. The van der Waals surface area contributed by atoms with Crippen LogP contribution in [0.1, 0.15) is 10.5 Å². The normalized spacial score (nSPS) is 9.89. The molecule has 7 heteroatoms. The number of pyridine rings is 2. The third-order valence-corrected chi connectivity index (χ3v) is 2.35. The summed E-state index contributed by atoms with van der Waals surface area (Å²) in [5, 5.41) is 3.10. The highest BCUT2D eigenvalue weighted by molar-refractivity contribution is 6.30. The van der Waals surface area contributed by atoms with E-state index in [0.717, 1.165) is 0 Å². The molecular weight excluding hydrogens is 254 g/mol. The molecule has 2 aromatic rings. The van der Waals surface area contributed by atoms with Gasteiger partial charge in [0.2, 0.25) is 0 Å². The Hall–Kier alpha value is -2.18. The molecule has 92 valence electrons. The Morgan fingerprint density at radius 2 is 2.11 bits per heavy atom. The van der Waals surface area contributed by atoms with Crippen LogP contribution < -0.4 is 16.6 Å². The van der Waals surface area contributed by atoms with Crippen molar-refractivity contribution in [3.8, 4) is 0 Å². The van der Waals surface area contributed by atoms with Crippen LogP contribution in [0.4, 0.5) is 11.5 Å². The quantitative estimate of drug-likeness (QED) is 0.579. The fraction of sp³-hybridized carbons (Fsp3) is 0. The predicted molar refractivity (Wildman–Crippen MR) is 69.2 cm³/mol. The lowest BCUT2D eigenvalue weighted by Crippen LogP contribution is -2.15. The molecule has 0 saturated heterocycles. The Kier molecular flexibility index (Phi) is 3.71. The molecule has 0 aliphatic carbocycles. The topological polar surface area (TPSA) is 92.9 Å². The van der Waals surface area contributed by atoms with E-state index in [9.17, 15) is 4.79 Å². The van der Waals surface area contributed by atoms with Crippen LogP contribution in [0.25, 0.3) is 0 Å². The van der Waals surface area contributed by atoms with Crippen LogP contribution in [0.2, 0.25) is 5.02 Å². The minimum atomic E-state index is -0.373. The number of nitrogens with two attached hydrogens (primary N) is 1. The van der Waals surface area contributed by atoms with Gasteiger partial charge in [0.15, 0.2) is 0 Å². The number of nitrogens with zero attached hydrogens (tertiary/aromatic N) is 2. The van der Waals surface area contributed by atoms with E-state index < -0.39 is 0 Å². The average molecular weight is 264 g/mol. The maximum atomic E-state index is 11.9. The van der Waals surface area contributed by atoms with Crippen LogP contribution in [0.3, 0.4) is 0 Å². The van der Waals surface area contributed by atoms with E-state index in [1.54, 1.807) is 18.2 Å². The number of amides is 1. The molecule has 0 spiro atoms. The van der Waals surface area contributed by atoms with Gasteiger partial charge in [0, 0.05) is 12.4 Å². The number of hydrogen-bond acceptors (Lipinski definition) is 5. The number of carbonyl (C=O) groups excluding carboxylic acids is 1. The maximum absolute atomic E-state index is 11.9. The third-order valence-electron chi connectivity index (χ3n) is 2.13. The van der Waals surface area contributed by atoms with E-state index in [2.05, 4.69) is 20.7 Å². The van der Waals surface area contributed by atoms with Crippen LogP contribution >= 0.6 is 11.6 Å². The van der Waals surface area contributed by atoms with Crippen molar-refractivity contribution in [2.24, 2.45) is 5.84 Å². The zero-order chi connectivity index (χ0) is 13.0. The summed E-state index contributed by atoms with van der Waals surface area (Å²) in [5.41, 5.74) is 3.28. The van der Waals surface area contributed by atoms with Crippen LogP contribution in [-0.2, 0) is 0 Å². The first-order chi connectivity index (χ1) is 8.69. The van der Waals surface area contributed by atoms with Crippen molar-refractivity contribution >= 4 is 29.0 Å². The first-order valence-corrected chi connectivity index (χ1v) is 5.42. The lowest BCUT2D eigenvalue weighted by molar-refractivity contribution is 0.102. The molecule has 0 aliphatic rings. The van der Waals surface area contributed by atoms with Crippen LogP contribution in [0.15, 0.2) is 36.7 Å². The fourth-order valence-electron chi connectivity index (χ4n) is 1.27. The van der Waals surface area contributed by atoms with Crippen molar-refractivity contribution in [1.29, 1.82) is 0 Å². The SMILES string of the molecule is NNc1ccnc(C(=O)Nc2ccc(Cl)cn2)c1. The van der Waals surface area contributed by atoms with Gasteiger partial charge in [-0.3, -0.25) is 15.6 Å². The molecule has 2 aromatic heterocycles. The first-order valence-electron chi connectivity index (χ1n) is 5.04. The maximum Gasteiger partial charge on any atom is 0.275 e. The molecule has 0 fully saturated rings. The Morgan fingerprint density at radius 1 is 1.28 bits per heavy atom. The van der Waals surface area contributed by atoms with Crippen molar-refractivity contribution in [2.75, 3.05) is 10.7 Å². The second-order valence-electron chi connectivity index (χ2n) is 3.39. The summed E-state index contributed by atoms with van der Waals surface area (Å²) in [5.74, 6) is 5.28. The number of aromatic nitrogens is 2. The molecule has 4 N–H and O–H groups in total. The smallest absolute Gasteiger partial charge is 0.275 e. The van der Waals surface area contributed by atoms with E-state index in [1.807, 2.05) is 0 Å². The summed E-state index contributed by atoms with van der Waals surface area (Å²) in [7, 11) is 0. The molecule has 0 saturated carbocycles. The molecule has 6 nitrogen and oxygen atoms in total. The molecule has 0 bridgehead atoms. The zero-order valence-electron chi connectivity index (χ0n) is 9.22. The summed E-state index contributed by atoms with van der Waals surface area (Å²) >= 11 is 5.70. The molecule has 2 rings (SSSR count). The van der Waals surface area contributed by atoms with Gasteiger partial charge in [-0.25, -0.2) is 4.98 Å². The van der Waals surface area contributed by atoms with E-state index in [4.69, 9.17) is 17.4 Å². The van der Waals surface area contributed by atoms with Gasteiger partial charge in [0.25, 0.3) is 5.91 Å². The van der Waals surface area contributed by atoms with Gasteiger partial charge in [-0.1, -0.05) is 11.6 Å². The zero-order valence-corrected chi connectivity index (χ0v) is 9.98. The second-order valence-corrected chi connectivity index (χ2v) is 3.83. The van der Waals surface area contributed by atoms with Gasteiger partial charge >= 0.3 is 0 Å².